The van der Waals surface area contributed by atoms with Gasteiger partial charge in [0.05, 0.1) is 5.69 Å². The second kappa shape index (κ2) is 11.1. The van der Waals surface area contributed by atoms with Crippen LogP contribution in [0.4, 0.5) is 10.5 Å². The number of carboxylic acids is 1. The van der Waals surface area contributed by atoms with Crippen LogP contribution in [0, 0.1) is 0 Å². The van der Waals surface area contributed by atoms with Gasteiger partial charge in [0.2, 0.25) is 0 Å². The number of nitrogens with one attached hydrogen (secondary N) is 2. The maximum atomic E-state index is 13.4. The zero-order valence-electron chi connectivity index (χ0n) is 23.1. The molecule has 1 aliphatic carbocycles. The Bertz CT molecular complexity index is 1610. The molecule has 42 heavy (non-hydrogen) atoms. The van der Waals surface area contributed by atoms with E-state index in [1.807, 2.05) is 71.6 Å². The molecule has 0 radical (unpaired) electrons. The number of nitrogens with zero attached hydrogens (tertiary/aromatic N) is 3. The summed E-state index contributed by atoms with van der Waals surface area (Å²) in [4.78, 5) is 40.7. The van der Waals surface area contributed by atoms with Crippen molar-refractivity contribution in [1.29, 1.82) is 0 Å². The molecule has 6 rings (SSSR count). The van der Waals surface area contributed by atoms with Crippen LogP contribution in [0.5, 0.6) is 0 Å². The molecule has 2 aliphatic rings. The molecule has 3 N–H and O–H groups in total. The molecule has 1 saturated heterocycles. The minimum Gasteiger partial charge on any atom is -0.479 e. The predicted octanol–water partition coefficient (Wildman–Crippen LogP) is 4.24. The van der Waals surface area contributed by atoms with Crippen LogP contribution in [0.1, 0.15) is 39.5 Å². The average molecular weight is 566 g/mol. The number of carboxylic acid groups (broad SMARTS) is 1. The molecular formula is C32H31N5O5. The zero-order chi connectivity index (χ0) is 29.3. The zero-order valence-corrected chi connectivity index (χ0v) is 23.1. The van der Waals surface area contributed by atoms with E-state index in [4.69, 9.17) is 4.74 Å². The molecule has 1 aliphatic heterocycles. The number of rotatable bonds is 8. The van der Waals surface area contributed by atoms with Gasteiger partial charge in [-0.25, -0.2) is 9.59 Å². The highest BCUT2D eigenvalue weighted by molar-refractivity contribution is 6.03. The normalized spacial score (nSPS) is 17.8. The molecule has 0 bridgehead atoms. The monoisotopic (exact) mass is 565 g/mol. The molecule has 4 aromatic rings. The number of aryl methyl sites for hydroxylation is 1. The van der Waals surface area contributed by atoms with Crippen molar-refractivity contribution in [3.63, 3.8) is 0 Å². The number of benzene rings is 3. The molecule has 10 heteroatoms. The molecule has 2 heterocycles. The van der Waals surface area contributed by atoms with E-state index in [9.17, 15) is 19.5 Å². The van der Waals surface area contributed by atoms with Crippen LogP contribution in [0.2, 0.25) is 0 Å². The molecule has 0 spiro atoms. The number of aromatic nitrogens is 2. The second-order valence-electron chi connectivity index (χ2n) is 10.8. The Morgan fingerprint density at radius 2 is 1.62 bits per heavy atom. The van der Waals surface area contributed by atoms with Crippen LogP contribution in [0.25, 0.3) is 11.1 Å². The van der Waals surface area contributed by atoms with Crippen molar-refractivity contribution < 1.29 is 24.2 Å². The van der Waals surface area contributed by atoms with Crippen molar-refractivity contribution in [2.24, 2.45) is 7.05 Å². The van der Waals surface area contributed by atoms with Crippen LogP contribution in [0.3, 0.4) is 0 Å². The maximum absolute atomic E-state index is 13.4. The number of anilines is 1. The van der Waals surface area contributed by atoms with E-state index in [1.165, 1.54) is 10.9 Å². The van der Waals surface area contributed by atoms with Gasteiger partial charge in [0.1, 0.15) is 6.61 Å². The molecule has 10 nitrogen and oxygen atoms in total. The average Bonchev–Trinajstić information content (AvgIpc) is 3.66. The van der Waals surface area contributed by atoms with Crippen molar-refractivity contribution >= 4 is 23.7 Å². The largest absolute Gasteiger partial charge is 0.479 e. The molecule has 1 unspecified atom stereocenters. The lowest BCUT2D eigenvalue weighted by Gasteiger charge is -2.26. The van der Waals surface area contributed by atoms with Gasteiger partial charge >= 0.3 is 12.1 Å². The number of fused-ring (bicyclic) bond motifs is 3. The predicted molar refractivity (Wildman–Crippen MR) is 156 cm³/mol. The van der Waals surface area contributed by atoms with Gasteiger partial charge in [-0.3, -0.25) is 19.7 Å². The van der Waals surface area contributed by atoms with Crippen molar-refractivity contribution in [1.82, 2.24) is 20.0 Å². The van der Waals surface area contributed by atoms with Gasteiger partial charge < -0.3 is 15.2 Å². The highest BCUT2D eigenvalue weighted by atomic mass is 16.5. The van der Waals surface area contributed by atoms with Crippen LogP contribution in [-0.4, -0.2) is 63.0 Å². The Balaban J connectivity index is 1.12. The van der Waals surface area contributed by atoms with Gasteiger partial charge in [-0.1, -0.05) is 78.9 Å². The SMILES string of the molecule is Cn1cc(NC(=O)OCC2c3ccccc3-c3ccccc32)c(C(=O)NC2(C(=O)O)CCN(Cc3ccccc3)C2)n1. The van der Waals surface area contributed by atoms with Crippen LogP contribution >= 0.6 is 0 Å². The molecule has 2 amide bonds. The van der Waals surface area contributed by atoms with Gasteiger partial charge in [-0.15, -0.1) is 0 Å². The Hall–Kier alpha value is -4.96. The Morgan fingerprint density at radius 3 is 2.29 bits per heavy atom. The molecule has 1 atom stereocenters. The van der Waals surface area contributed by atoms with E-state index in [0.717, 1.165) is 27.8 Å². The third-order valence-corrected chi connectivity index (χ3v) is 7.98. The molecular weight excluding hydrogens is 534 g/mol. The lowest BCUT2D eigenvalue weighted by atomic mass is 9.98. The number of ether oxygens (including phenoxy) is 1. The van der Waals surface area contributed by atoms with Crippen molar-refractivity contribution in [3.8, 4) is 11.1 Å². The smallest absolute Gasteiger partial charge is 0.411 e. The summed E-state index contributed by atoms with van der Waals surface area (Å²) in [6.45, 7) is 1.34. The number of hydrogen-bond donors (Lipinski definition) is 3. The van der Waals surface area contributed by atoms with Crippen molar-refractivity contribution in [2.75, 3.05) is 25.0 Å². The molecule has 214 valence electrons. The van der Waals surface area contributed by atoms with Gasteiger partial charge in [-0.2, -0.15) is 5.10 Å². The third kappa shape index (κ3) is 5.24. The van der Waals surface area contributed by atoms with Gasteiger partial charge in [-0.05, 0) is 34.2 Å². The highest BCUT2D eigenvalue weighted by Gasteiger charge is 2.46. The Morgan fingerprint density at radius 1 is 0.976 bits per heavy atom. The van der Waals surface area contributed by atoms with Gasteiger partial charge in [0, 0.05) is 38.8 Å². The Labute approximate surface area is 242 Å². The summed E-state index contributed by atoms with van der Waals surface area (Å²) in [7, 11) is 1.61. The third-order valence-electron chi connectivity index (χ3n) is 7.98. The van der Waals surface area contributed by atoms with E-state index in [2.05, 4.69) is 27.9 Å². The lowest BCUT2D eigenvalue weighted by Crippen LogP contribution is -2.56. The first kappa shape index (κ1) is 27.2. The summed E-state index contributed by atoms with van der Waals surface area (Å²) in [6.07, 6.45) is 0.991. The highest BCUT2D eigenvalue weighted by Crippen LogP contribution is 2.44. The summed E-state index contributed by atoms with van der Waals surface area (Å²) < 4.78 is 7.02. The first-order valence-corrected chi connectivity index (χ1v) is 13.8. The minimum atomic E-state index is -1.48. The van der Waals surface area contributed by atoms with Crippen LogP contribution in [0.15, 0.2) is 85.1 Å². The quantitative estimate of drug-likeness (QED) is 0.292. The number of hydrogen-bond acceptors (Lipinski definition) is 6. The number of amides is 2. The van der Waals surface area contributed by atoms with Crippen LogP contribution in [-0.2, 0) is 23.1 Å². The standard InChI is InChI=1S/C32H31N5O5/c1-36-18-27(33-31(41)42-19-26-24-13-7-5-11-22(24)23-12-6-8-14-25(23)26)28(35-36)29(38)34-32(30(39)40)15-16-37(20-32)17-21-9-3-2-4-10-21/h2-14,18,26H,15-17,19-20H2,1H3,(H,33,41)(H,34,38)(H,39,40). The number of carbonyl (C=O) groups excluding carboxylic acids is 2. The first-order chi connectivity index (χ1) is 20.3. The number of carbonyl (C=O) groups is 3. The van der Waals surface area contributed by atoms with E-state index in [1.54, 1.807) is 7.05 Å². The summed E-state index contributed by atoms with van der Waals surface area (Å²) >= 11 is 0. The molecule has 0 saturated carbocycles. The molecule has 1 fully saturated rings. The fourth-order valence-corrected chi connectivity index (χ4v) is 5.96. The van der Waals surface area contributed by atoms with Gasteiger partial charge in [0.15, 0.2) is 11.2 Å². The number of aliphatic carboxylic acids is 1. The second-order valence-corrected chi connectivity index (χ2v) is 10.8. The summed E-state index contributed by atoms with van der Waals surface area (Å²) in [5.74, 6) is -1.92. The summed E-state index contributed by atoms with van der Waals surface area (Å²) in [5.41, 5.74) is 4.04. The molecule has 1 aromatic heterocycles. The van der Waals surface area contributed by atoms with E-state index < -0.39 is 23.5 Å². The summed E-state index contributed by atoms with van der Waals surface area (Å²) in [6, 6.07) is 25.9. The Kier molecular flexibility index (Phi) is 7.22. The fraction of sp³-hybridized carbons (Fsp3) is 0.250. The maximum Gasteiger partial charge on any atom is 0.411 e. The van der Waals surface area contributed by atoms with E-state index in [-0.39, 0.29) is 36.9 Å². The topological polar surface area (TPSA) is 126 Å². The van der Waals surface area contributed by atoms with Crippen LogP contribution < -0.4 is 10.6 Å². The number of likely N-dealkylation sites (tertiary alicyclic amines) is 1. The van der Waals surface area contributed by atoms with Gasteiger partial charge in [0.25, 0.3) is 5.91 Å². The molecule has 3 aromatic carbocycles. The van der Waals surface area contributed by atoms with Crippen molar-refractivity contribution in [3.05, 3.63) is 107 Å². The first-order valence-electron chi connectivity index (χ1n) is 13.8. The fourth-order valence-electron chi connectivity index (χ4n) is 5.96. The van der Waals surface area contributed by atoms with E-state index >= 15 is 0 Å². The lowest BCUT2D eigenvalue weighted by molar-refractivity contribution is -0.144. The van der Waals surface area contributed by atoms with Crippen molar-refractivity contribution in [2.45, 2.75) is 24.4 Å². The minimum absolute atomic E-state index is 0.0897. The summed E-state index contributed by atoms with van der Waals surface area (Å²) in [5, 5.41) is 19.7. The van der Waals surface area contributed by atoms with E-state index in [0.29, 0.717) is 13.1 Å².